The third-order valence-corrected chi connectivity index (χ3v) is 4.88. The summed E-state index contributed by atoms with van der Waals surface area (Å²) in [7, 11) is 0. The van der Waals surface area contributed by atoms with Crippen LogP contribution < -0.4 is 5.43 Å². The van der Waals surface area contributed by atoms with Crippen molar-refractivity contribution in [1.29, 1.82) is 0 Å². The van der Waals surface area contributed by atoms with Crippen LogP contribution in [0.4, 0.5) is 13.2 Å². The summed E-state index contributed by atoms with van der Waals surface area (Å²) in [6.45, 7) is 8.45. The molecule has 0 spiro atoms. The molecule has 1 aromatic carbocycles. The molecule has 0 radical (unpaired) electrons. The van der Waals surface area contributed by atoms with E-state index in [0.29, 0.717) is 29.0 Å². The van der Waals surface area contributed by atoms with Gasteiger partial charge in [0.05, 0.1) is 16.6 Å². The van der Waals surface area contributed by atoms with E-state index in [-0.39, 0.29) is 11.4 Å². The summed E-state index contributed by atoms with van der Waals surface area (Å²) in [5.41, 5.74) is -0.504. The number of likely N-dealkylation sites (N-methyl/N-ethyl adjacent to an activating group) is 1. The predicted octanol–water partition coefficient (Wildman–Crippen LogP) is 4.40. The third-order valence-electron chi connectivity index (χ3n) is 4.88. The Morgan fingerprint density at radius 1 is 1.19 bits per heavy atom. The Morgan fingerprint density at radius 2 is 1.88 bits per heavy atom. The van der Waals surface area contributed by atoms with Crippen LogP contribution in [-0.4, -0.2) is 34.1 Å². The molecule has 3 rings (SSSR count). The number of halogens is 3. The van der Waals surface area contributed by atoms with Gasteiger partial charge in [-0.3, -0.25) is 4.79 Å². The van der Waals surface area contributed by atoms with Crippen molar-refractivity contribution in [3.63, 3.8) is 0 Å². The Labute approximate surface area is 149 Å². The molecule has 0 amide bonds. The molecule has 4 nitrogen and oxygen atoms in total. The van der Waals surface area contributed by atoms with Gasteiger partial charge in [-0.05, 0) is 32.1 Å². The molecular formula is C19H22F3N3O. The lowest BCUT2D eigenvalue weighted by molar-refractivity contribution is -0.136. The van der Waals surface area contributed by atoms with Crippen LogP contribution in [0.25, 0.3) is 21.8 Å². The number of fused-ring (bicyclic) bond motifs is 3. The zero-order valence-electron chi connectivity index (χ0n) is 15.0. The molecule has 1 unspecified atom stereocenters. The normalized spacial score (nSPS) is 13.8. The van der Waals surface area contributed by atoms with Crippen LogP contribution in [0, 0.1) is 0 Å². The standard InChI is InChI=1S/C19H22F3N3O/c1-4-24(5-2)11-12(3)25-16-9-13(26)8-15(19(20,21)22)18(16)14-6-7-23-10-17(14)25/h6-10,12,23H,4-5,11H2,1-3H3. The van der Waals surface area contributed by atoms with E-state index in [1.54, 1.807) is 18.5 Å². The number of hydrogen-bond acceptors (Lipinski definition) is 2. The SMILES string of the molecule is CCN(CC)CC(C)n1c2c[nH]ccc2c2c(C(F)(F)F)cc(=O)cc21. The van der Waals surface area contributed by atoms with E-state index in [9.17, 15) is 18.0 Å². The number of aromatic nitrogens is 2. The molecule has 0 fully saturated rings. The van der Waals surface area contributed by atoms with E-state index in [1.807, 2.05) is 25.3 Å². The van der Waals surface area contributed by atoms with Gasteiger partial charge in [-0.2, -0.15) is 13.2 Å². The molecule has 0 aliphatic heterocycles. The molecule has 2 aromatic heterocycles. The van der Waals surface area contributed by atoms with Crippen molar-refractivity contribution >= 4 is 21.8 Å². The molecule has 0 bridgehead atoms. The fourth-order valence-corrected chi connectivity index (χ4v) is 3.67. The minimum atomic E-state index is -4.58. The average molecular weight is 365 g/mol. The molecule has 0 saturated heterocycles. The molecule has 0 saturated carbocycles. The van der Waals surface area contributed by atoms with Crippen molar-refractivity contribution in [1.82, 2.24) is 14.5 Å². The lowest BCUT2D eigenvalue weighted by Gasteiger charge is -2.25. The van der Waals surface area contributed by atoms with Crippen LogP contribution in [0.1, 0.15) is 32.4 Å². The van der Waals surface area contributed by atoms with Crippen LogP contribution >= 0.6 is 0 Å². The lowest BCUT2D eigenvalue weighted by atomic mass is 10.1. The first-order valence-electron chi connectivity index (χ1n) is 8.72. The van der Waals surface area contributed by atoms with Crippen LogP contribution in [0.3, 0.4) is 0 Å². The van der Waals surface area contributed by atoms with Gasteiger partial charge in [0.15, 0.2) is 5.43 Å². The summed E-state index contributed by atoms with van der Waals surface area (Å²) >= 11 is 0. The minimum absolute atomic E-state index is 0.0893. The monoisotopic (exact) mass is 365 g/mol. The van der Waals surface area contributed by atoms with Crippen LogP contribution in [0.2, 0.25) is 0 Å². The lowest BCUT2D eigenvalue weighted by Crippen LogP contribution is -2.29. The van der Waals surface area contributed by atoms with Crippen molar-refractivity contribution in [2.75, 3.05) is 19.6 Å². The van der Waals surface area contributed by atoms with Crippen molar-refractivity contribution in [2.45, 2.75) is 33.0 Å². The Kier molecular flexibility index (Phi) is 4.84. The zero-order chi connectivity index (χ0) is 19.1. The number of pyridine rings is 1. The molecule has 7 heteroatoms. The van der Waals surface area contributed by atoms with E-state index in [0.717, 1.165) is 13.1 Å². The molecule has 26 heavy (non-hydrogen) atoms. The minimum Gasteiger partial charge on any atom is -0.366 e. The van der Waals surface area contributed by atoms with Gasteiger partial charge < -0.3 is 14.5 Å². The van der Waals surface area contributed by atoms with E-state index in [1.165, 1.54) is 6.07 Å². The smallest absolute Gasteiger partial charge is 0.366 e. The van der Waals surface area contributed by atoms with E-state index in [4.69, 9.17) is 0 Å². The number of benzene rings is 1. The number of aromatic amines is 1. The van der Waals surface area contributed by atoms with Crippen molar-refractivity contribution in [3.8, 4) is 0 Å². The summed E-state index contributed by atoms with van der Waals surface area (Å²) in [5.74, 6) is 0. The van der Waals surface area contributed by atoms with Crippen LogP contribution in [0.15, 0.2) is 35.4 Å². The number of nitrogens with zero attached hydrogens (tertiary/aromatic N) is 2. The summed E-state index contributed by atoms with van der Waals surface area (Å²) in [5, 5.41) is 0.588. The third kappa shape index (κ3) is 3.11. The second-order valence-electron chi connectivity index (χ2n) is 6.51. The Balaban J connectivity index is 2.35. The number of H-pyrrole nitrogens is 1. The first-order chi connectivity index (χ1) is 12.3. The topological polar surface area (TPSA) is 41.0 Å². The van der Waals surface area contributed by atoms with Crippen LogP contribution in [-0.2, 0) is 6.18 Å². The van der Waals surface area contributed by atoms with Crippen LogP contribution in [0.5, 0.6) is 0 Å². The molecular weight excluding hydrogens is 343 g/mol. The molecule has 1 atom stereocenters. The van der Waals surface area contributed by atoms with Gasteiger partial charge in [0.25, 0.3) is 0 Å². The number of hydrogen-bond donors (Lipinski definition) is 1. The maximum absolute atomic E-state index is 13.6. The summed E-state index contributed by atoms with van der Waals surface area (Å²) < 4.78 is 42.6. The molecule has 140 valence electrons. The van der Waals surface area contributed by atoms with Gasteiger partial charge in [-0.1, -0.05) is 13.8 Å². The van der Waals surface area contributed by atoms with Gasteiger partial charge in [0, 0.05) is 41.8 Å². The number of alkyl halides is 3. The van der Waals surface area contributed by atoms with Gasteiger partial charge in [0.2, 0.25) is 0 Å². The van der Waals surface area contributed by atoms with E-state index in [2.05, 4.69) is 9.88 Å². The van der Waals surface area contributed by atoms with Gasteiger partial charge in [0.1, 0.15) is 0 Å². The zero-order valence-corrected chi connectivity index (χ0v) is 15.0. The molecule has 2 heterocycles. The van der Waals surface area contributed by atoms with E-state index < -0.39 is 17.2 Å². The highest BCUT2D eigenvalue weighted by molar-refractivity contribution is 6.09. The first kappa shape index (κ1) is 18.5. The summed E-state index contributed by atoms with van der Waals surface area (Å²) in [6, 6.07) is 3.55. The van der Waals surface area contributed by atoms with Gasteiger partial charge in [-0.25, -0.2) is 0 Å². The molecule has 1 N–H and O–H groups in total. The largest absolute Gasteiger partial charge is 0.417 e. The first-order valence-corrected chi connectivity index (χ1v) is 8.72. The van der Waals surface area contributed by atoms with Gasteiger partial charge in [-0.15, -0.1) is 0 Å². The maximum atomic E-state index is 13.6. The second-order valence-corrected chi connectivity index (χ2v) is 6.51. The van der Waals surface area contributed by atoms with Crippen molar-refractivity contribution in [3.05, 3.63) is 46.4 Å². The summed E-state index contributed by atoms with van der Waals surface area (Å²) in [6.07, 6.45) is -1.29. The highest BCUT2D eigenvalue weighted by Gasteiger charge is 2.35. The molecule has 3 aromatic rings. The second kappa shape index (κ2) is 6.79. The Hall–Kier alpha value is -2.28. The fourth-order valence-electron chi connectivity index (χ4n) is 3.67. The van der Waals surface area contributed by atoms with E-state index >= 15 is 0 Å². The Bertz CT molecular complexity index is 983. The Morgan fingerprint density at radius 3 is 2.50 bits per heavy atom. The van der Waals surface area contributed by atoms with Gasteiger partial charge >= 0.3 is 6.18 Å². The van der Waals surface area contributed by atoms with Crippen molar-refractivity contribution in [2.24, 2.45) is 0 Å². The molecule has 0 aliphatic rings. The number of rotatable bonds is 5. The fraction of sp³-hybridized carbons (Fsp3) is 0.421. The highest BCUT2D eigenvalue weighted by Crippen LogP contribution is 2.39. The maximum Gasteiger partial charge on any atom is 0.417 e. The average Bonchev–Trinajstić information content (AvgIpc) is 2.91. The predicted molar refractivity (Wildman–Crippen MR) is 97.6 cm³/mol. The highest BCUT2D eigenvalue weighted by atomic mass is 19.4. The molecule has 0 aliphatic carbocycles. The summed E-state index contributed by atoms with van der Waals surface area (Å²) in [4.78, 5) is 17.2. The quantitative estimate of drug-likeness (QED) is 0.728. The van der Waals surface area contributed by atoms with Crippen molar-refractivity contribution < 1.29 is 13.2 Å². The number of nitrogens with one attached hydrogen (secondary N) is 1.